The number of aromatic nitrogens is 1. The fourth-order valence-electron chi connectivity index (χ4n) is 2.34. The maximum absolute atomic E-state index is 12.6. The van der Waals surface area contributed by atoms with Crippen molar-refractivity contribution in [2.45, 2.75) is 19.9 Å². The Hall–Kier alpha value is -1.63. The molecule has 110 valence electrons. The third-order valence-electron chi connectivity index (χ3n) is 3.31. The lowest BCUT2D eigenvalue weighted by Gasteiger charge is -2.33. The van der Waals surface area contributed by atoms with E-state index in [0.29, 0.717) is 17.9 Å². The van der Waals surface area contributed by atoms with E-state index in [1.807, 2.05) is 6.92 Å². The van der Waals surface area contributed by atoms with Crippen molar-refractivity contribution in [1.29, 1.82) is 0 Å². The maximum Gasteiger partial charge on any atom is 0.257 e. The monoisotopic (exact) mass is 297 g/mol. The van der Waals surface area contributed by atoms with Gasteiger partial charge < -0.3 is 10.2 Å². The maximum atomic E-state index is 12.6. The first-order chi connectivity index (χ1) is 9.44. The molecule has 6 nitrogen and oxygen atoms in total. The molecule has 1 aliphatic heterocycles. The smallest absolute Gasteiger partial charge is 0.257 e. The Morgan fingerprint density at radius 1 is 1.55 bits per heavy atom. The number of carbonyl (C=O) groups is 1. The number of sulfone groups is 1. The van der Waals surface area contributed by atoms with Crippen molar-refractivity contribution in [3.63, 3.8) is 0 Å². The Kier molecular flexibility index (Phi) is 4.27. The molecule has 1 fully saturated rings. The van der Waals surface area contributed by atoms with Gasteiger partial charge in [0.1, 0.15) is 5.82 Å². The number of anilines is 1. The van der Waals surface area contributed by atoms with Crippen LogP contribution in [-0.4, -0.2) is 54.8 Å². The summed E-state index contributed by atoms with van der Waals surface area (Å²) < 4.78 is 23.1. The molecule has 1 saturated heterocycles. The largest absolute Gasteiger partial charge is 0.370 e. The first-order valence-electron chi connectivity index (χ1n) is 6.65. The number of rotatable bonds is 3. The minimum Gasteiger partial charge on any atom is -0.370 e. The van der Waals surface area contributed by atoms with E-state index in [-0.39, 0.29) is 30.0 Å². The Labute approximate surface area is 119 Å². The minimum absolute atomic E-state index is 0.0234. The van der Waals surface area contributed by atoms with Gasteiger partial charge in [-0.25, -0.2) is 13.4 Å². The average Bonchev–Trinajstić information content (AvgIpc) is 2.38. The van der Waals surface area contributed by atoms with Gasteiger partial charge in [0.2, 0.25) is 0 Å². The van der Waals surface area contributed by atoms with E-state index in [1.54, 1.807) is 30.2 Å². The Balaban J connectivity index is 2.24. The summed E-state index contributed by atoms with van der Waals surface area (Å²) in [6, 6.07) is 3.11. The minimum atomic E-state index is -3.03. The highest BCUT2D eigenvalue weighted by molar-refractivity contribution is 7.91. The third kappa shape index (κ3) is 3.09. The highest BCUT2D eigenvalue weighted by atomic mass is 32.2. The third-order valence-corrected chi connectivity index (χ3v) is 5.11. The predicted octanol–water partition coefficient (Wildman–Crippen LogP) is 0.772. The number of nitrogens with one attached hydrogen (secondary N) is 1. The van der Waals surface area contributed by atoms with Crippen LogP contribution in [0.15, 0.2) is 18.3 Å². The SMILES string of the molecule is CCNc1ncccc1C(=O)N1CCS(=O)(=O)CC1C. The van der Waals surface area contributed by atoms with Crippen LogP contribution in [0.25, 0.3) is 0 Å². The molecule has 20 heavy (non-hydrogen) atoms. The molecule has 1 atom stereocenters. The van der Waals surface area contributed by atoms with Crippen LogP contribution in [0.5, 0.6) is 0 Å². The summed E-state index contributed by atoms with van der Waals surface area (Å²) in [4.78, 5) is 18.3. The molecule has 1 unspecified atom stereocenters. The summed E-state index contributed by atoms with van der Waals surface area (Å²) in [6.07, 6.45) is 1.62. The molecule has 2 rings (SSSR count). The molecule has 0 saturated carbocycles. The number of carbonyl (C=O) groups excluding carboxylic acids is 1. The van der Waals surface area contributed by atoms with Gasteiger partial charge in [-0.1, -0.05) is 0 Å². The van der Waals surface area contributed by atoms with Gasteiger partial charge in [0.15, 0.2) is 9.84 Å². The quantitative estimate of drug-likeness (QED) is 0.891. The number of hydrogen-bond acceptors (Lipinski definition) is 5. The zero-order chi connectivity index (χ0) is 14.8. The molecule has 0 aliphatic carbocycles. The van der Waals surface area contributed by atoms with Crippen molar-refractivity contribution >= 4 is 21.6 Å². The van der Waals surface area contributed by atoms with Gasteiger partial charge in [0, 0.05) is 25.3 Å². The summed E-state index contributed by atoms with van der Waals surface area (Å²) in [5.74, 6) is 0.423. The van der Waals surface area contributed by atoms with E-state index >= 15 is 0 Å². The lowest BCUT2D eigenvalue weighted by Crippen LogP contribution is -2.49. The second-order valence-electron chi connectivity index (χ2n) is 4.89. The van der Waals surface area contributed by atoms with E-state index in [2.05, 4.69) is 10.3 Å². The molecule has 1 aromatic rings. The second-order valence-corrected chi connectivity index (χ2v) is 7.12. The van der Waals surface area contributed by atoms with Crippen LogP contribution < -0.4 is 5.32 Å². The predicted molar refractivity (Wildman–Crippen MR) is 77.6 cm³/mol. The van der Waals surface area contributed by atoms with Crippen molar-refractivity contribution in [3.8, 4) is 0 Å². The molecule has 1 aromatic heterocycles. The average molecular weight is 297 g/mol. The van der Waals surface area contributed by atoms with Gasteiger partial charge in [-0.2, -0.15) is 0 Å². The van der Waals surface area contributed by atoms with Crippen molar-refractivity contribution in [2.24, 2.45) is 0 Å². The summed E-state index contributed by atoms with van der Waals surface area (Å²) in [5.41, 5.74) is 0.487. The molecule has 1 aliphatic rings. The van der Waals surface area contributed by atoms with Crippen LogP contribution in [0.4, 0.5) is 5.82 Å². The zero-order valence-electron chi connectivity index (χ0n) is 11.7. The highest BCUT2D eigenvalue weighted by Crippen LogP contribution is 2.19. The summed E-state index contributed by atoms with van der Waals surface area (Å²) in [7, 11) is -3.03. The highest BCUT2D eigenvalue weighted by Gasteiger charge is 2.32. The Morgan fingerprint density at radius 2 is 2.30 bits per heavy atom. The van der Waals surface area contributed by atoms with Crippen LogP contribution in [0.3, 0.4) is 0 Å². The van der Waals surface area contributed by atoms with Gasteiger partial charge in [-0.05, 0) is 26.0 Å². The van der Waals surface area contributed by atoms with E-state index in [1.165, 1.54) is 0 Å². The number of nitrogens with zero attached hydrogens (tertiary/aromatic N) is 2. The summed E-state index contributed by atoms with van der Waals surface area (Å²) >= 11 is 0. The van der Waals surface area contributed by atoms with Gasteiger partial charge in [-0.3, -0.25) is 4.79 Å². The zero-order valence-corrected chi connectivity index (χ0v) is 12.5. The molecule has 0 radical (unpaired) electrons. The number of hydrogen-bond donors (Lipinski definition) is 1. The molecular weight excluding hydrogens is 278 g/mol. The summed E-state index contributed by atoms with van der Waals surface area (Å²) in [6.45, 7) is 4.60. The summed E-state index contributed by atoms with van der Waals surface area (Å²) in [5, 5.41) is 3.05. The first-order valence-corrected chi connectivity index (χ1v) is 8.47. The van der Waals surface area contributed by atoms with E-state index in [9.17, 15) is 13.2 Å². The fourth-order valence-corrected chi connectivity index (χ4v) is 3.90. The topological polar surface area (TPSA) is 79.4 Å². The van der Waals surface area contributed by atoms with Gasteiger partial charge in [0.05, 0.1) is 17.1 Å². The van der Waals surface area contributed by atoms with Crippen LogP contribution in [0.1, 0.15) is 24.2 Å². The van der Waals surface area contributed by atoms with Crippen molar-refractivity contribution in [2.75, 3.05) is 29.9 Å². The number of amides is 1. The van der Waals surface area contributed by atoms with Crippen molar-refractivity contribution in [3.05, 3.63) is 23.9 Å². The normalized spacial score (nSPS) is 21.5. The van der Waals surface area contributed by atoms with E-state index < -0.39 is 9.84 Å². The lowest BCUT2D eigenvalue weighted by molar-refractivity contribution is 0.0713. The molecule has 0 bridgehead atoms. The van der Waals surface area contributed by atoms with E-state index in [4.69, 9.17) is 0 Å². The molecule has 2 heterocycles. The fraction of sp³-hybridized carbons (Fsp3) is 0.538. The van der Waals surface area contributed by atoms with Crippen LogP contribution in [0, 0.1) is 0 Å². The standard InChI is InChI=1S/C13H19N3O3S/c1-3-14-12-11(5-4-6-15-12)13(17)16-7-8-20(18,19)9-10(16)2/h4-6,10H,3,7-9H2,1-2H3,(H,14,15). The van der Waals surface area contributed by atoms with Gasteiger partial charge >= 0.3 is 0 Å². The molecule has 0 spiro atoms. The van der Waals surface area contributed by atoms with Crippen LogP contribution in [-0.2, 0) is 9.84 Å². The Bertz CT molecular complexity index is 601. The second kappa shape index (κ2) is 5.78. The molecule has 7 heteroatoms. The van der Waals surface area contributed by atoms with E-state index in [0.717, 1.165) is 0 Å². The Morgan fingerprint density at radius 3 is 2.95 bits per heavy atom. The molecule has 0 aromatic carbocycles. The molecular formula is C13H19N3O3S. The van der Waals surface area contributed by atoms with Crippen molar-refractivity contribution in [1.82, 2.24) is 9.88 Å². The van der Waals surface area contributed by atoms with Crippen LogP contribution in [0.2, 0.25) is 0 Å². The first kappa shape index (κ1) is 14.8. The molecule has 1 N–H and O–H groups in total. The van der Waals surface area contributed by atoms with Crippen LogP contribution >= 0.6 is 0 Å². The lowest BCUT2D eigenvalue weighted by atomic mass is 10.2. The van der Waals surface area contributed by atoms with Crippen molar-refractivity contribution < 1.29 is 13.2 Å². The number of pyridine rings is 1. The van der Waals surface area contributed by atoms with Gasteiger partial charge in [0.25, 0.3) is 5.91 Å². The molecule has 1 amide bonds. The van der Waals surface area contributed by atoms with Gasteiger partial charge in [-0.15, -0.1) is 0 Å².